The van der Waals surface area contributed by atoms with Crippen LogP contribution in [0.25, 0.3) is 0 Å². The summed E-state index contributed by atoms with van der Waals surface area (Å²) in [5.74, 6) is 6.37. The van der Waals surface area contributed by atoms with Gasteiger partial charge in [-0.1, -0.05) is 29.8 Å². The van der Waals surface area contributed by atoms with Gasteiger partial charge in [0, 0.05) is 16.3 Å². The van der Waals surface area contributed by atoms with Crippen molar-refractivity contribution in [2.75, 3.05) is 4.90 Å². The maximum absolute atomic E-state index is 6.05. The summed E-state index contributed by atoms with van der Waals surface area (Å²) in [7, 11) is 0. The summed E-state index contributed by atoms with van der Waals surface area (Å²) in [5, 5.41) is 0.961. The van der Waals surface area contributed by atoms with Crippen LogP contribution in [0, 0.1) is 0 Å². The molecule has 2 aromatic carbocycles. The van der Waals surface area contributed by atoms with E-state index in [0.717, 1.165) is 11.3 Å². The maximum Gasteiger partial charge on any atom is 0.271 e. The van der Waals surface area contributed by atoms with Crippen molar-refractivity contribution in [3.8, 4) is 5.75 Å². The highest BCUT2D eigenvalue weighted by Crippen LogP contribution is 2.37. The number of rotatable bonds is 2. The number of nitrogens with zero attached hydrogens (tertiary/aromatic N) is 1. The van der Waals surface area contributed by atoms with Crippen molar-refractivity contribution in [3.63, 3.8) is 0 Å². The molecule has 0 amide bonds. The molecule has 0 spiro atoms. The highest BCUT2D eigenvalue weighted by molar-refractivity contribution is 7.80. The van der Waals surface area contributed by atoms with Crippen molar-refractivity contribution in [1.82, 2.24) is 5.43 Å². The molecule has 0 bridgehead atoms. The van der Waals surface area contributed by atoms with Crippen molar-refractivity contribution < 1.29 is 4.74 Å². The Morgan fingerprint density at radius 3 is 2.65 bits per heavy atom. The summed E-state index contributed by atoms with van der Waals surface area (Å²) in [6.07, 6.45) is -0.327. The summed E-state index contributed by atoms with van der Waals surface area (Å²) < 4.78 is 5.69. The molecule has 1 heterocycles. The lowest BCUT2D eigenvalue weighted by atomic mass is 10.1. The molecule has 1 aliphatic rings. The van der Waals surface area contributed by atoms with Gasteiger partial charge in [-0.15, -0.1) is 0 Å². The zero-order chi connectivity index (χ0) is 14.1. The third-order valence-electron chi connectivity index (χ3n) is 3.11. The number of nitrogens with one attached hydrogen (secondary N) is 1. The van der Waals surface area contributed by atoms with E-state index in [2.05, 4.69) is 5.43 Å². The molecule has 1 aliphatic heterocycles. The second kappa shape index (κ2) is 5.38. The number of fused-ring (bicyclic) bond motifs is 1. The molecule has 3 N–H and O–H groups in total. The van der Waals surface area contributed by atoms with Gasteiger partial charge in [-0.05, 0) is 42.5 Å². The van der Waals surface area contributed by atoms with Gasteiger partial charge in [-0.2, -0.15) is 0 Å². The number of hydrogen-bond donors (Lipinski definition) is 2. The van der Waals surface area contributed by atoms with Gasteiger partial charge < -0.3 is 4.74 Å². The molecular weight excluding hydrogens is 294 g/mol. The molecule has 1 unspecified atom stereocenters. The zero-order valence-electron chi connectivity index (χ0n) is 10.4. The average Bonchev–Trinajstić information content (AvgIpc) is 2.47. The van der Waals surface area contributed by atoms with E-state index < -0.39 is 0 Å². The van der Waals surface area contributed by atoms with Gasteiger partial charge in [0.15, 0.2) is 0 Å². The number of hydrogen-bond acceptors (Lipinski definition) is 4. The van der Waals surface area contributed by atoms with E-state index in [4.69, 9.17) is 34.4 Å². The Bertz CT molecular complexity index is 650. The SMILES string of the molecule is NNC1c2cc(Cl)ccc2OC(=S)N1c1ccccc1. The Morgan fingerprint density at radius 1 is 1.20 bits per heavy atom. The van der Waals surface area contributed by atoms with Crippen molar-refractivity contribution in [2.45, 2.75) is 6.17 Å². The maximum atomic E-state index is 6.05. The largest absolute Gasteiger partial charge is 0.431 e. The number of ether oxygens (including phenoxy) is 1. The van der Waals surface area contributed by atoms with Crippen LogP contribution in [0.4, 0.5) is 5.69 Å². The van der Waals surface area contributed by atoms with Crippen molar-refractivity contribution in [1.29, 1.82) is 0 Å². The smallest absolute Gasteiger partial charge is 0.271 e. The van der Waals surface area contributed by atoms with Crippen molar-refractivity contribution in [2.24, 2.45) is 5.84 Å². The lowest BCUT2D eigenvalue weighted by Crippen LogP contribution is -2.49. The molecule has 20 heavy (non-hydrogen) atoms. The summed E-state index contributed by atoms with van der Waals surface area (Å²) in [4.78, 5) is 1.81. The molecule has 0 aromatic heterocycles. The van der Waals surface area contributed by atoms with Gasteiger partial charge in [0.25, 0.3) is 5.17 Å². The van der Waals surface area contributed by atoms with Crippen LogP contribution in [0.15, 0.2) is 48.5 Å². The van der Waals surface area contributed by atoms with Crippen molar-refractivity contribution >= 4 is 34.7 Å². The van der Waals surface area contributed by atoms with Gasteiger partial charge >= 0.3 is 0 Å². The number of benzene rings is 2. The number of nitrogens with two attached hydrogens (primary N) is 1. The average molecular weight is 306 g/mol. The second-order valence-electron chi connectivity index (χ2n) is 4.32. The molecule has 0 radical (unpaired) electrons. The molecular formula is C14H12ClN3OS. The fourth-order valence-corrected chi connectivity index (χ4v) is 2.70. The molecule has 6 heteroatoms. The second-order valence-corrected chi connectivity index (χ2v) is 5.11. The minimum atomic E-state index is -0.327. The van der Waals surface area contributed by atoms with E-state index in [1.165, 1.54) is 0 Å². The molecule has 102 valence electrons. The molecule has 3 rings (SSSR count). The fourth-order valence-electron chi connectivity index (χ4n) is 2.22. The highest BCUT2D eigenvalue weighted by atomic mass is 35.5. The van der Waals surface area contributed by atoms with Gasteiger partial charge in [-0.3, -0.25) is 10.7 Å². The molecule has 0 fully saturated rings. The monoisotopic (exact) mass is 305 g/mol. The van der Waals surface area contributed by atoms with Crippen LogP contribution in [0.3, 0.4) is 0 Å². The fraction of sp³-hybridized carbons (Fsp3) is 0.0714. The molecule has 1 atom stereocenters. The predicted octanol–water partition coefficient (Wildman–Crippen LogP) is 2.99. The van der Waals surface area contributed by atoms with E-state index >= 15 is 0 Å². The normalized spacial score (nSPS) is 17.6. The van der Waals surface area contributed by atoms with E-state index in [9.17, 15) is 0 Å². The van der Waals surface area contributed by atoms with Crippen LogP contribution in [0.5, 0.6) is 5.75 Å². The third-order valence-corrected chi connectivity index (χ3v) is 3.63. The Labute approximate surface area is 127 Å². The molecule has 4 nitrogen and oxygen atoms in total. The molecule has 2 aromatic rings. The summed E-state index contributed by atoms with van der Waals surface area (Å²) in [6.45, 7) is 0. The quantitative estimate of drug-likeness (QED) is 0.507. The zero-order valence-corrected chi connectivity index (χ0v) is 12.0. The van der Waals surface area contributed by atoms with Crippen LogP contribution in [0.1, 0.15) is 11.7 Å². The standard InChI is InChI=1S/C14H12ClN3OS/c15-9-6-7-12-11(8-9)13(17-16)18(14(20)19-12)10-4-2-1-3-5-10/h1-8,13,17H,16H2. The highest BCUT2D eigenvalue weighted by Gasteiger charge is 2.32. The third kappa shape index (κ3) is 2.25. The predicted molar refractivity (Wildman–Crippen MR) is 83.7 cm³/mol. The lowest BCUT2D eigenvalue weighted by molar-refractivity contribution is 0.449. The van der Waals surface area contributed by atoms with Gasteiger partial charge in [0.2, 0.25) is 0 Å². The number of halogens is 1. The minimum Gasteiger partial charge on any atom is -0.431 e. The number of anilines is 1. The van der Waals surface area contributed by atoms with Crippen LogP contribution in [-0.2, 0) is 0 Å². The van der Waals surface area contributed by atoms with Crippen LogP contribution in [0.2, 0.25) is 5.02 Å². The van der Waals surface area contributed by atoms with Crippen molar-refractivity contribution in [3.05, 3.63) is 59.1 Å². The first-order valence-electron chi connectivity index (χ1n) is 6.02. The molecule has 0 saturated carbocycles. The van der Waals surface area contributed by atoms with Gasteiger partial charge in [0.1, 0.15) is 11.9 Å². The molecule has 0 saturated heterocycles. The Balaban J connectivity index is 2.10. The number of hydrazine groups is 1. The topological polar surface area (TPSA) is 50.5 Å². The summed E-state index contributed by atoms with van der Waals surface area (Å²) in [6, 6.07) is 15.0. The first kappa shape index (κ1) is 13.3. The Kier molecular flexibility index (Phi) is 3.58. The first-order valence-corrected chi connectivity index (χ1v) is 6.81. The van der Waals surface area contributed by atoms with Gasteiger partial charge in [-0.25, -0.2) is 5.43 Å². The van der Waals surface area contributed by atoms with E-state index in [-0.39, 0.29) is 6.17 Å². The summed E-state index contributed by atoms with van der Waals surface area (Å²) in [5.41, 5.74) is 4.51. The number of thiocarbonyl (C=S) groups is 1. The van der Waals surface area contributed by atoms with E-state index in [0.29, 0.717) is 15.9 Å². The Hall–Kier alpha value is -1.66. The van der Waals surface area contributed by atoms with E-state index in [1.807, 2.05) is 41.3 Å². The van der Waals surface area contributed by atoms with Crippen LogP contribution < -0.4 is 20.9 Å². The summed E-state index contributed by atoms with van der Waals surface area (Å²) >= 11 is 11.4. The minimum absolute atomic E-state index is 0.327. The molecule has 0 aliphatic carbocycles. The Morgan fingerprint density at radius 2 is 1.95 bits per heavy atom. The number of para-hydroxylation sites is 1. The lowest BCUT2D eigenvalue weighted by Gasteiger charge is -2.37. The van der Waals surface area contributed by atoms with E-state index in [1.54, 1.807) is 12.1 Å². The first-order chi connectivity index (χ1) is 9.70. The van der Waals surface area contributed by atoms with Gasteiger partial charge in [0.05, 0.1) is 0 Å². The van der Waals surface area contributed by atoms with Crippen LogP contribution in [-0.4, -0.2) is 5.17 Å². The van der Waals surface area contributed by atoms with Crippen LogP contribution >= 0.6 is 23.8 Å².